The lowest BCUT2D eigenvalue weighted by molar-refractivity contribution is 0.0624. The number of nitrogens with zero attached hydrogens (tertiary/aromatic N) is 3. The molecule has 0 aliphatic carbocycles. The van der Waals surface area contributed by atoms with Crippen molar-refractivity contribution in [3.8, 4) is 5.75 Å². The highest BCUT2D eigenvalue weighted by molar-refractivity contribution is 6.32. The summed E-state index contributed by atoms with van der Waals surface area (Å²) in [6.07, 6.45) is 4.90. The van der Waals surface area contributed by atoms with E-state index in [2.05, 4.69) is 9.80 Å². The monoisotopic (exact) mass is 483 g/mol. The molecule has 0 N–H and O–H groups in total. The van der Waals surface area contributed by atoms with E-state index in [4.69, 9.17) is 16.3 Å². The van der Waals surface area contributed by atoms with Gasteiger partial charge in [-0.2, -0.15) is 0 Å². The summed E-state index contributed by atoms with van der Waals surface area (Å²) < 4.78 is 5.87. The molecule has 2 aliphatic rings. The van der Waals surface area contributed by atoms with Crippen molar-refractivity contribution in [2.45, 2.75) is 25.7 Å². The van der Waals surface area contributed by atoms with Gasteiger partial charge in [0, 0.05) is 43.9 Å². The number of piperidine rings is 1. The molecule has 4 rings (SSSR count). The summed E-state index contributed by atoms with van der Waals surface area (Å²) in [4.78, 5) is 31.9. The van der Waals surface area contributed by atoms with Crippen LogP contribution in [-0.2, 0) is 0 Å². The van der Waals surface area contributed by atoms with Crippen LogP contribution in [-0.4, -0.2) is 85.4 Å². The SMILES string of the molecule is O=C(CN1CCN(C(=O)c2ccccc2)CC1)c1ccc(OCCCN2CCCCC2)c(Cl)c1. The molecule has 0 spiro atoms. The number of carbonyl (C=O) groups is 2. The standard InChI is InChI=1S/C27H34ClN3O3/c28-24-20-23(10-11-26(24)34-19-7-14-29-12-5-2-6-13-29)25(32)21-30-15-17-31(18-16-30)27(33)22-8-3-1-4-9-22/h1,3-4,8-11,20H,2,5-7,12-19,21H2. The van der Waals surface area contributed by atoms with Gasteiger partial charge in [0.1, 0.15) is 5.75 Å². The molecule has 0 saturated carbocycles. The van der Waals surface area contributed by atoms with E-state index in [-0.39, 0.29) is 11.7 Å². The maximum atomic E-state index is 12.8. The van der Waals surface area contributed by atoms with Gasteiger partial charge >= 0.3 is 0 Å². The number of benzene rings is 2. The van der Waals surface area contributed by atoms with Gasteiger partial charge in [-0.3, -0.25) is 14.5 Å². The Labute approximate surface area is 207 Å². The first-order valence-corrected chi connectivity index (χ1v) is 12.7. The zero-order valence-corrected chi connectivity index (χ0v) is 20.5. The molecule has 2 aromatic rings. The molecule has 1 amide bonds. The summed E-state index contributed by atoms with van der Waals surface area (Å²) in [5.74, 6) is 0.705. The first-order valence-electron chi connectivity index (χ1n) is 12.3. The highest BCUT2D eigenvalue weighted by atomic mass is 35.5. The average Bonchev–Trinajstić information content (AvgIpc) is 2.88. The van der Waals surface area contributed by atoms with E-state index in [9.17, 15) is 9.59 Å². The second kappa shape index (κ2) is 12.3. The quantitative estimate of drug-likeness (QED) is 0.394. The van der Waals surface area contributed by atoms with E-state index < -0.39 is 0 Å². The largest absolute Gasteiger partial charge is 0.492 e. The molecule has 0 bridgehead atoms. The van der Waals surface area contributed by atoms with Crippen molar-refractivity contribution in [1.29, 1.82) is 0 Å². The predicted molar refractivity (Wildman–Crippen MR) is 135 cm³/mol. The van der Waals surface area contributed by atoms with Gasteiger partial charge in [0.15, 0.2) is 5.78 Å². The van der Waals surface area contributed by atoms with Gasteiger partial charge in [-0.1, -0.05) is 36.2 Å². The fraction of sp³-hybridized carbons (Fsp3) is 0.481. The topological polar surface area (TPSA) is 53.1 Å². The fourth-order valence-electron chi connectivity index (χ4n) is 4.61. The fourth-order valence-corrected chi connectivity index (χ4v) is 4.85. The maximum absolute atomic E-state index is 12.8. The number of ether oxygens (including phenoxy) is 1. The number of ketones is 1. The summed E-state index contributed by atoms with van der Waals surface area (Å²) in [7, 11) is 0. The third-order valence-corrected chi connectivity index (χ3v) is 6.92. The van der Waals surface area contributed by atoms with Gasteiger partial charge in [0.25, 0.3) is 5.91 Å². The molecular formula is C27H34ClN3O3. The molecule has 2 aromatic carbocycles. The number of carbonyl (C=O) groups excluding carboxylic acids is 2. The molecule has 2 fully saturated rings. The van der Waals surface area contributed by atoms with E-state index >= 15 is 0 Å². The van der Waals surface area contributed by atoms with Crippen LogP contribution in [0.15, 0.2) is 48.5 Å². The van der Waals surface area contributed by atoms with Crippen molar-refractivity contribution < 1.29 is 14.3 Å². The Bertz CT molecular complexity index is 955. The smallest absolute Gasteiger partial charge is 0.253 e. The van der Waals surface area contributed by atoms with Crippen LogP contribution >= 0.6 is 11.6 Å². The Kier molecular flexibility index (Phi) is 8.97. The summed E-state index contributed by atoms with van der Waals surface area (Å²) in [5.41, 5.74) is 1.30. The zero-order chi connectivity index (χ0) is 23.8. The van der Waals surface area contributed by atoms with Crippen LogP contribution in [0.25, 0.3) is 0 Å². The van der Waals surface area contributed by atoms with E-state index in [1.807, 2.05) is 35.2 Å². The van der Waals surface area contributed by atoms with E-state index in [1.165, 1.54) is 32.4 Å². The number of likely N-dealkylation sites (tertiary alicyclic amines) is 1. The van der Waals surface area contributed by atoms with Crippen LogP contribution < -0.4 is 4.74 Å². The van der Waals surface area contributed by atoms with Crippen LogP contribution in [0, 0.1) is 0 Å². The van der Waals surface area contributed by atoms with Gasteiger partial charge in [-0.05, 0) is 62.7 Å². The molecule has 0 radical (unpaired) electrons. The van der Waals surface area contributed by atoms with Crippen LogP contribution in [0.5, 0.6) is 5.75 Å². The third kappa shape index (κ3) is 6.81. The number of Topliss-reactive ketones (excluding diaryl/α,β-unsaturated/α-hetero) is 1. The molecule has 182 valence electrons. The second-order valence-electron chi connectivity index (χ2n) is 9.11. The van der Waals surface area contributed by atoms with Gasteiger partial charge in [0.2, 0.25) is 0 Å². The molecule has 2 aliphatic heterocycles. The van der Waals surface area contributed by atoms with Gasteiger partial charge in [-0.15, -0.1) is 0 Å². The first-order chi connectivity index (χ1) is 16.6. The second-order valence-corrected chi connectivity index (χ2v) is 9.51. The minimum Gasteiger partial charge on any atom is -0.492 e. The van der Waals surface area contributed by atoms with Crippen molar-refractivity contribution in [3.05, 3.63) is 64.7 Å². The highest BCUT2D eigenvalue weighted by Gasteiger charge is 2.23. The van der Waals surface area contributed by atoms with Gasteiger partial charge in [-0.25, -0.2) is 0 Å². The minimum absolute atomic E-state index is 0.0291. The number of halogens is 1. The molecule has 2 heterocycles. The van der Waals surface area contributed by atoms with E-state index in [0.717, 1.165) is 13.0 Å². The van der Waals surface area contributed by atoms with Crippen molar-refractivity contribution in [3.63, 3.8) is 0 Å². The molecule has 0 unspecified atom stereocenters. The molecule has 6 nitrogen and oxygen atoms in total. The van der Waals surface area contributed by atoms with Crippen molar-refractivity contribution >= 4 is 23.3 Å². The number of hydrogen-bond acceptors (Lipinski definition) is 5. The van der Waals surface area contributed by atoms with E-state index in [1.54, 1.807) is 18.2 Å². The van der Waals surface area contributed by atoms with Crippen molar-refractivity contribution in [2.24, 2.45) is 0 Å². The number of hydrogen-bond donors (Lipinski definition) is 0. The summed E-state index contributed by atoms with van der Waals surface area (Å²) in [6, 6.07) is 14.6. The summed E-state index contributed by atoms with van der Waals surface area (Å²) >= 11 is 6.41. The van der Waals surface area contributed by atoms with Crippen LogP contribution in [0.3, 0.4) is 0 Å². The molecule has 7 heteroatoms. The lowest BCUT2D eigenvalue weighted by atomic mass is 10.1. The summed E-state index contributed by atoms with van der Waals surface area (Å²) in [6.45, 7) is 6.96. The minimum atomic E-state index is 0.0291. The van der Waals surface area contributed by atoms with Crippen LogP contribution in [0.4, 0.5) is 0 Å². The predicted octanol–water partition coefficient (Wildman–Crippen LogP) is 4.24. The average molecular weight is 484 g/mol. The Morgan fingerprint density at radius 2 is 1.56 bits per heavy atom. The van der Waals surface area contributed by atoms with Crippen LogP contribution in [0.1, 0.15) is 46.4 Å². The van der Waals surface area contributed by atoms with Crippen molar-refractivity contribution in [2.75, 3.05) is 59.0 Å². The van der Waals surface area contributed by atoms with Crippen molar-refractivity contribution in [1.82, 2.24) is 14.7 Å². The van der Waals surface area contributed by atoms with E-state index in [0.29, 0.717) is 61.2 Å². The Balaban J connectivity index is 1.20. The molecule has 2 saturated heterocycles. The lowest BCUT2D eigenvalue weighted by Gasteiger charge is -2.34. The van der Waals surface area contributed by atoms with Crippen LogP contribution in [0.2, 0.25) is 5.02 Å². The summed E-state index contributed by atoms with van der Waals surface area (Å²) in [5, 5.41) is 0.474. The molecular weight excluding hydrogens is 450 g/mol. The Hall–Kier alpha value is -2.41. The number of amides is 1. The molecule has 34 heavy (non-hydrogen) atoms. The zero-order valence-electron chi connectivity index (χ0n) is 19.8. The highest BCUT2D eigenvalue weighted by Crippen LogP contribution is 2.26. The maximum Gasteiger partial charge on any atom is 0.253 e. The lowest BCUT2D eigenvalue weighted by Crippen LogP contribution is -2.49. The number of rotatable bonds is 9. The van der Waals surface area contributed by atoms with Gasteiger partial charge in [0.05, 0.1) is 18.2 Å². The Morgan fingerprint density at radius 1 is 0.824 bits per heavy atom. The number of piperazine rings is 1. The molecule has 0 aromatic heterocycles. The Morgan fingerprint density at radius 3 is 2.26 bits per heavy atom. The third-order valence-electron chi connectivity index (χ3n) is 6.63. The normalized spacial score (nSPS) is 17.5. The van der Waals surface area contributed by atoms with Gasteiger partial charge < -0.3 is 14.5 Å². The first kappa shape index (κ1) is 24.7. The molecule has 0 atom stereocenters.